The molecule has 2 fully saturated rings. The summed E-state index contributed by atoms with van der Waals surface area (Å²) in [5.41, 5.74) is 1.90. The summed E-state index contributed by atoms with van der Waals surface area (Å²) in [7, 11) is 0. The van der Waals surface area contributed by atoms with Crippen LogP contribution in [0.15, 0.2) is 54.9 Å². The van der Waals surface area contributed by atoms with Crippen molar-refractivity contribution in [3.63, 3.8) is 0 Å². The number of hydrogen-bond acceptors (Lipinski definition) is 6. The predicted molar refractivity (Wildman–Crippen MR) is 135 cm³/mol. The van der Waals surface area contributed by atoms with Crippen molar-refractivity contribution in [2.45, 2.75) is 12.8 Å². The molecule has 4 aromatic rings. The number of rotatable bonds is 3. The van der Waals surface area contributed by atoms with Crippen LogP contribution in [0.2, 0.25) is 0 Å². The van der Waals surface area contributed by atoms with Crippen LogP contribution in [0.25, 0.3) is 20.3 Å². The number of anilines is 2. The SMILES string of the molecule is O=C(C1CCN(c2ncnc3c2sc2cccc(F)c23)CC1)N1CCN(c2ccccc2)CC1. The topological polar surface area (TPSA) is 52.6 Å². The number of thiophene rings is 1. The third-order valence-corrected chi connectivity index (χ3v) is 8.21. The monoisotopic (exact) mass is 475 g/mol. The second-order valence-electron chi connectivity index (χ2n) is 9.00. The minimum absolute atomic E-state index is 0.0525. The quantitative estimate of drug-likeness (QED) is 0.435. The normalized spacial score (nSPS) is 17.6. The third-order valence-electron chi connectivity index (χ3n) is 7.07. The molecular weight excluding hydrogens is 449 g/mol. The van der Waals surface area contributed by atoms with E-state index >= 15 is 0 Å². The number of hydrogen-bond donors (Lipinski definition) is 0. The lowest BCUT2D eigenvalue weighted by Crippen LogP contribution is -2.51. The maximum atomic E-state index is 14.4. The van der Waals surface area contributed by atoms with Crippen LogP contribution < -0.4 is 9.80 Å². The highest BCUT2D eigenvalue weighted by Crippen LogP contribution is 2.39. The zero-order valence-electron chi connectivity index (χ0n) is 18.9. The Morgan fingerprint density at radius 2 is 1.65 bits per heavy atom. The first kappa shape index (κ1) is 21.3. The number of amides is 1. The summed E-state index contributed by atoms with van der Waals surface area (Å²) >= 11 is 1.54. The predicted octanol–water partition coefficient (Wildman–Crippen LogP) is 4.55. The van der Waals surface area contributed by atoms with Gasteiger partial charge >= 0.3 is 0 Å². The standard InChI is InChI=1S/C26H26FN5OS/c27-20-7-4-8-21-22(20)23-24(34-21)25(29-17-28-23)31-11-9-18(10-12-31)26(33)32-15-13-30(14-16-32)19-5-2-1-3-6-19/h1-8,17-18H,9-16H2. The minimum Gasteiger partial charge on any atom is -0.368 e. The molecule has 174 valence electrons. The molecule has 0 N–H and O–H groups in total. The Balaban J connectivity index is 1.12. The molecule has 34 heavy (non-hydrogen) atoms. The van der Waals surface area contributed by atoms with Gasteiger partial charge in [0.05, 0.1) is 15.6 Å². The first-order chi connectivity index (χ1) is 16.7. The van der Waals surface area contributed by atoms with E-state index in [1.54, 1.807) is 6.07 Å². The summed E-state index contributed by atoms with van der Waals surface area (Å²) in [5.74, 6) is 0.943. The van der Waals surface area contributed by atoms with Gasteiger partial charge in [-0.15, -0.1) is 11.3 Å². The Morgan fingerprint density at radius 3 is 2.41 bits per heavy atom. The molecular formula is C26H26FN5OS. The molecule has 1 amide bonds. The summed E-state index contributed by atoms with van der Waals surface area (Å²) in [6, 6.07) is 15.5. The van der Waals surface area contributed by atoms with Crippen LogP contribution in [0.5, 0.6) is 0 Å². The van der Waals surface area contributed by atoms with E-state index < -0.39 is 0 Å². The first-order valence-electron chi connectivity index (χ1n) is 11.8. The fourth-order valence-corrected chi connectivity index (χ4v) is 6.40. The van der Waals surface area contributed by atoms with Crippen LogP contribution in [0, 0.1) is 11.7 Å². The van der Waals surface area contributed by atoms with Crippen LogP contribution in [-0.2, 0) is 4.79 Å². The number of benzene rings is 2. The number of aromatic nitrogens is 2. The van der Waals surface area contributed by atoms with Crippen molar-refractivity contribution in [3.8, 4) is 0 Å². The highest BCUT2D eigenvalue weighted by Gasteiger charge is 2.31. The van der Waals surface area contributed by atoms with E-state index in [-0.39, 0.29) is 17.6 Å². The van der Waals surface area contributed by atoms with Gasteiger partial charge in [0.15, 0.2) is 0 Å². The lowest BCUT2D eigenvalue weighted by atomic mass is 9.95. The Hall–Kier alpha value is -3.26. The van der Waals surface area contributed by atoms with E-state index in [0.717, 1.165) is 67.3 Å². The molecule has 0 aliphatic carbocycles. The van der Waals surface area contributed by atoms with E-state index in [1.807, 2.05) is 17.0 Å². The summed E-state index contributed by atoms with van der Waals surface area (Å²) in [6.07, 6.45) is 3.14. The van der Waals surface area contributed by atoms with E-state index in [1.165, 1.54) is 29.4 Å². The maximum absolute atomic E-state index is 14.4. The average Bonchev–Trinajstić information content (AvgIpc) is 3.29. The number of carbonyl (C=O) groups excluding carboxylic acids is 1. The van der Waals surface area contributed by atoms with Crippen molar-refractivity contribution in [1.29, 1.82) is 0 Å². The third kappa shape index (κ3) is 3.76. The summed E-state index contributed by atoms with van der Waals surface area (Å²) < 4.78 is 16.3. The van der Waals surface area contributed by atoms with Gasteiger partial charge in [-0.1, -0.05) is 24.3 Å². The largest absolute Gasteiger partial charge is 0.368 e. The zero-order valence-corrected chi connectivity index (χ0v) is 19.7. The van der Waals surface area contributed by atoms with Crippen LogP contribution in [0.4, 0.5) is 15.9 Å². The van der Waals surface area contributed by atoms with Crippen LogP contribution in [0.3, 0.4) is 0 Å². The molecule has 6 nitrogen and oxygen atoms in total. The smallest absolute Gasteiger partial charge is 0.225 e. The Kier molecular flexibility index (Phi) is 5.53. The second-order valence-corrected chi connectivity index (χ2v) is 10.1. The van der Waals surface area contributed by atoms with E-state index in [0.29, 0.717) is 10.9 Å². The van der Waals surface area contributed by atoms with Crippen molar-refractivity contribution in [1.82, 2.24) is 14.9 Å². The molecule has 6 rings (SSSR count). The number of para-hydroxylation sites is 1. The van der Waals surface area contributed by atoms with Crippen molar-refractivity contribution in [2.24, 2.45) is 5.92 Å². The van der Waals surface area contributed by atoms with Gasteiger partial charge in [0.2, 0.25) is 5.91 Å². The van der Waals surface area contributed by atoms with Gasteiger partial charge in [-0.2, -0.15) is 0 Å². The number of nitrogens with zero attached hydrogens (tertiary/aromatic N) is 5. The molecule has 0 bridgehead atoms. The highest BCUT2D eigenvalue weighted by atomic mass is 32.1. The molecule has 8 heteroatoms. The Bertz CT molecular complexity index is 1330. The van der Waals surface area contributed by atoms with Crippen molar-refractivity contribution in [3.05, 3.63) is 60.7 Å². The molecule has 0 radical (unpaired) electrons. The van der Waals surface area contributed by atoms with Gasteiger partial charge in [-0.25, -0.2) is 14.4 Å². The zero-order chi connectivity index (χ0) is 23.1. The van der Waals surface area contributed by atoms with Gasteiger partial charge in [-0.05, 0) is 37.1 Å². The molecule has 4 heterocycles. The molecule has 2 aromatic heterocycles. The van der Waals surface area contributed by atoms with Gasteiger partial charge < -0.3 is 14.7 Å². The molecule has 2 aromatic carbocycles. The highest BCUT2D eigenvalue weighted by molar-refractivity contribution is 7.26. The van der Waals surface area contributed by atoms with Crippen LogP contribution in [-0.4, -0.2) is 60.0 Å². The number of piperazine rings is 1. The van der Waals surface area contributed by atoms with Crippen LogP contribution in [0.1, 0.15) is 12.8 Å². The molecule has 0 unspecified atom stereocenters. The lowest BCUT2D eigenvalue weighted by molar-refractivity contribution is -0.136. The summed E-state index contributed by atoms with van der Waals surface area (Å²) in [6.45, 7) is 4.82. The number of fused-ring (bicyclic) bond motifs is 3. The fraction of sp³-hybridized carbons (Fsp3) is 0.346. The lowest BCUT2D eigenvalue weighted by Gasteiger charge is -2.39. The van der Waals surface area contributed by atoms with E-state index in [9.17, 15) is 9.18 Å². The first-order valence-corrected chi connectivity index (χ1v) is 12.7. The molecule has 2 aliphatic rings. The molecule has 2 aliphatic heterocycles. The molecule has 0 atom stereocenters. The van der Waals surface area contributed by atoms with E-state index in [2.05, 4.69) is 44.0 Å². The number of carbonyl (C=O) groups is 1. The van der Waals surface area contributed by atoms with E-state index in [4.69, 9.17) is 0 Å². The Labute approximate surface area is 201 Å². The van der Waals surface area contributed by atoms with Crippen LogP contribution >= 0.6 is 11.3 Å². The number of halogens is 1. The second kappa shape index (κ2) is 8.83. The number of piperidine rings is 1. The van der Waals surface area contributed by atoms with Crippen molar-refractivity contribution >= 4 is 49.1 Å². The van der Waals surface area contributed by atoms with Crippen molar-refractivity contribution < 1.29 is 9.18 Å². The van der Waals surface area contributed by atoms with Crippen molar-refractivity contribution in [2.75, 3.05) is 49.1 Å². The van der Waals surface area contributed by atoms with Gasteiger partial charge in [-0.3, -0.25) is 4.79 Å². The summed E-state index contributed by atoms with van der Waals surface area (Å²) in [4.78, 5) is 28.8. The minimum atomic E-state index is -0.245. The van der Waals surface area contributed by atoms with Gasteiger partial charge in [0, 0.05) is 55.6 Å². The average molecular weight is 476 g/mol. The molecule has 2 saturated heterocycles. The Morgan fingerprint density at radius 1 is 0.882 bits per heavy atom. The molecule has 0 saturated carbocycles. The summed E-state index contributed by atoms with van der Waals surface area (Å²) in [5, 5.41) is 0.575. The van der Waals surface area contributed by atoms with Gasteiger partial charge in [0.1, 0.15) is 18.0 Å². The van der Waals surface area contributed by atoms with Gasteiger partial charge in [0.25, 0.3) is 0 Å². The maximum Gasteiger partial charge on any atom is 0.225 e. The molecule has 0 spiro atoms. The fourth-order valence-electron chi connectivity index (χ4n) is 5.21.